The highest BCUT2D eigenvalue weighted by Crippen LogP contribution is 1.75. The average molecular weight is 129 g/mol. The Morgan fingerprint density at radius 2 is 2.11 bits per heavy atom. The monoisotopic (exact) mass is 129 g/mol. The van der Waals surface area contributed by atoms with Crippen LogP contribution < -0.4 is 5.32 Å². The molecule has 0 aliphatic heterocycles. The van der Waals surface area contributed by atoms with Gasteiger partial charge in [-0.15, -0.1) is 0 Å². The molecule has 1 N–H and O–H groups in total. The van der Waals surface area contributed by atoms with Gasteiger partial charge in [-0.1, -0.05) is 0 Å². The minimum atomic E-state index is 0.882. The SMILES string of the molecule is CN=C(CN(C)C)NC. The fourth-order valence-electron chi connectivity index (χ4n) is 0.561. The summed E-state index contributed by atoms with van der Waals surface area (Å²) in [6.07, 6.45) is 0. The third-order valence-corrected chi connectivity index (χ3v) is 1.02. The Morgan fingerprint density at radius 3 is 2.22 bits per heavy atom. The molecule has 0 bridgehead atoms. The van der Waals surface area contributed by atoms with Crippen molar-refractivity contribution in [2.45, 2.75) is 0 Å². The highest BCUT2D eigenvalue weighted by molar-refractivity contribution is 5.83. The summed E-state index contributed by atoms with van der Waals surface area (Å²) in [6.45, 7) is 0.882. The van der Waals surface area contributed by atoms with E-state index in [1.54, 1.807) is 7.05 Å². The minimum Gasteiger partial charge on any atom is -0.376 e. The second-order valence-electron chi connectivity index (χ2n) is 2.16. The van der Waals surface area contributed by atoms with E-state index in [1.165, 1.54) is 0 Å². The van der Waals surface area contributed by atoms with Gasteiger partial charge in [0.05, 0.1) is 6.54 Å². The van der Waals surface area contributed by atoms with Crippen LogP contribution in [0.1, 0.15) is 0 Å². The Morgan fingerprint density at radius 1 is 1.56 bits per heavy atom. The fraction of sp³-hybridized carbons (Fsp3) is 0.833. The topological polar surface area (TPSA) is 27.6 Å². The molecular formula is C6H15N3. The highest BCUT2D eigenvalue weighted by Gasteiger charge is 1.93. The Balaban J connectivity index is 3.58. The fourth-order valence-corrected chi connectivity index (χ4v) is 0.561. The number of hydrogen-bond acceptors (Lipinski definition) is 2. The van der Waals surface area contributed by atoms with Gasteiger partial charge in [-0.3, -0.25) is 4.99 Å². The number of rotatable bonds is 2. The van der Waals surface area contributed by atoms with Crippen molar-refractivity contribution in [3.8, 4) is 0 Å². The molecule has 0 spiro atoms. The van der Waals surface area contributed by atoms with Gasteiger partial charge in [0.15, 0.2) is 0 Å². The van der Waals surface area contributed by atoms with Gasteiger partial charge in [0.25, 0.3) is 0 Å². The smallest absolute Gasteiger partial charge is 0.110 e. The first-order valence-corrected chi connectivity index (χ1v) is 2.99. The Bertz CT molecular complexity index is 96.5. The van der Waals surface area contributed by atoms with E-state index in [9.17, 15) is 0 Å². The lowest BCUT2D eigenvalue weighted by molar-refractivity contribution is 0.465. The second kappa shape index (κ2) is 4.32. The molecule has 0 rings (SSSR count). The van der Waals surface area contributed by atoms with E-state index in [0.29, 0.717) is 0 Å². The molecule has 0 heterocycles. The predicted molar refractivity (Wildman–Crippen MR) is 41.0 cm³/mol. The van der Waals surface area contributed by atoms with Crippen molar-refractivity contribution in [1.29, 1.82) is 0 Å². The molecule has 9 heavy (non-hydrogen) atoms. The van der Waals surface area contributed by atoms with E-state index in [-0.39, 0.29) is 0 Å². The molecule has 0 amide bonds. The molecule has 0 aliphatic rings. The summed E-state index contributed by atoms with van der Waals surface area (Å²) in [5, 5.41) is 2.99. The second-order valence-corrected chi connectivity index (χ2v) is 2.16. The normalized spacial score (nSPS) is 12.3. The van der Waals surface area contributed by atoms with Crippen LogP contribution in [0.2, 0.25) is 0 Å². The highest BCUT2D eigenvalue weighted by atomic mass is 15.1. The summed E-state index contributed by atoms with van der Waals surface area (Å²) < 4.78 is 0. The maximum absolute atomic E-state index is 4.01. The van der Waals surface area contributed by atoms with Crippen LogP contribution in [-0.2, 0) is 0 Å². The zero-order valence-electron chi connectivity index (χ0n) is 6.60. The van der Waals surface area contributed by atoms with Crippen molar-refractivity contribution in [1.82, 2.24) is 10.2 Å². The summed E-state index contributed by atoms with van der Waals surface area (Å²) in [5.74, 6) is 1.01. The van der Waals surface area contributed by atoms with E-state index in [0.717, 1.165) is 12.4 Å². The molecule has 3 nitrogen and oxygen atoms in total. The third kappa shape index (κ3) is 3.97. The van der Waals surface area contributed by atoms with Crippen molar-refractivity contribution >= 4 is 5.84 Å². The lowest BCUT2D eigenvalue weighted by atomic mass is 10.5. The molecule has 0 aromatic rings. The van der Waals surface area contributed by atoms with Crippen molar-refractivity contribution in [2.24, 2.45) is 4.99 Å². The molecule has 0 unspecified atom stereocenters. The minimum absolute atomic E-state index is 0.882. The number of nitrogens with zero attached hydrogens (tertiary/aromatic N) is 2. The molecule has 0 aromatic heterocycles. The zero-order chi connectivity index (χ0) is 7.28. The van der Waals surface area contributed by atoms with E-state index in [2.05, 4.69) is 15.2 Å². The molecule has 0 aromatic carbocycles. The molecule has 0 fully saturated rings. The molecule has 3 heteroatoms. The summed E-state index contributed by atoms with van der Waals surface area (Å²) in [6, 6.07) is 0. The molecule has 0 atom stereocenters. The molecule has 0 radical (unpaired) electrons. The molecule has 0 saturated carbocycles. The molecular weight excluding hydrogens is 114 g/mol. The van der Waals surface area contributed by atoms with E-state index >= 15 is 0 Å². The third-order valence-electron chi connectivity index (χ3n) is 1.02. The van der Waals surface area contributed by atoms with Gasteiger partial charge >= 0.3 is 0 Å². The standard InChI is InChI=1S/C6H15N3/c1-7-6(8-2)5-9(3)4/h5H2,1-4H3,(H,7,8). The van der Waals surface area contributed by atoms with Crippen molar-refractivity contribution in [3.63, 3.8) is 0 Å². The van der Waals surface area contributed by atoms with E-state index < -0.39 is 0 Å². The van der Waals surface area contributed by atoms with Gasteiger partial charge in [0.2, 0.25) is 0 Å². The first kappa shape index (κ1) is 8.43. The predicted octanol–water partition coefficient (Wildman–Crippen LogP) is -0.204. The molecule has 54 valence electrons. The maximum atomic E-state index is 4.01. The largest absolute Gasteiger partial charge is 0.376 e. The quantitative estimate of drug-likeness (QED) is 0.413. The van der Waals surface area contributed by atoms with Crippen LogP contribution >= 0.6 is 0 Å². The number of aliphatic imine (C=N–C) groups is 1. The van der Waals surface area contributed by atoms with Crippen LogP contribution in [0.25, 0.3) is 0 Å². The van der Waals surface area contributed by atoms with Crippen LogP contribution in [0.4, 0.5) is 0 Å². The van der Waals surface area contributed by atoms with Gasteiger partial charge in [-0.2, -0.15) is 0 Å². The number of likely N-dealkylation sites (N-methyl/N-ethyl adjacent to an activating group) is 2. The first-order chi connectivity index (χ1) is 4.20. The maximum Gasteiger partial charge on any atom is 0.110 e. The summed E-state index contributed by atoms with van der Waals surface area (Å²) >= 11 is 0. The summed E-state index contributed by atoms with van der Waals surface area (Å²) in [4.78, 5) is 6.08. The van der Waals surface area contributed by atoms with Crippen LogP contribution in [0.5, 0.6) is 0 Å². The first-order valence-electron chi connectivity index (χ1n) is 2.99. The average Bonchev–Trinajstić information content (AvgIpc) is 1.82. The van der Waals surface area contributed by atoms with Gasteiger partial charge in [-0.05, 0) is 14.1 Å². The summed E-state index contributed by atoms with van der Waals surface area (Å²) in [7, 11) is 7.70. The van der Waals surface area contributed by atoms with Gasteiger partial charge in [0.1, 0.15) is 5.84 Å². The molecule has 0 saturated heterocycles. The van der Waals surface area contributed by atoms with Gasteiger partial charge in [-0.25, -0.2) is 0 Å². The lowest BCUT2D eigenvalue weighted by Gasteiger charge is -2.10. The van der Waals surface area contributed by atoms with Crippen LogP contribution in [0, 0.1) is 0 Å². The van der Waals surface area contributed by atoms with Gasteiger partial charge in [0, 0.05) is 14.1 Å². The number of nitrogens with one attached hydrogen (secondary N) is 1. The van der Waals surface area contributed by atoms with E-state index in [4.69, 9.17) is 0 Å². The van der Waals surface area contributed by atoms with Crippen LogP contribution in [0.3, 0.4) is 0 Å². The Kier molecular flexibility index (Phi) is 4.05. The van der Waals surface area contributed by atoms with Crippen LogP contribution in [0.15, 0.2) is 4.99 Å². The Hall–Kier alpha value is -0.570. The van der Waals surface area contributed by atoms with Crippen molar-refractivity contribution < 1.29 is 0 Å². The van der Waals surface area contributed by atoms with Gasteiger partial charge < -0.3 is 10.2 Å². The summed E-state index contributed by atoms with van der Waals surface area (Å²) in [5.41, 5.74) is 0. The van der Waals surface area contributed by atoms with Crippen LogP contribution in [-0.4, -0.2) is 45.5 Å². The number of hydrogen-bond donors (Lipinski definition) is 1. The lowest BCUT2D eigenvalue weighted by Crippen LogP contribution is -2.30. The Labute approximate surface area is 56.8 Å². The molecule has 0 aliphatic carbocycles. The zero-order valence-corrected chi connectivity index (χ0v) is 6.60. The van der Waals surface area contributed by atoms with Crippen molar-refractivity contribution in [2.75, 3.05) is 34.7 Å². The van der Waals surface area contributed by atoms with E-state index in [1.807, 2.05) is 21.1 Å². The number of amidine groups is 1. The van der Waals surface area contributed by atoms with Crippen molar-refractivity contribution in [3.05, 3.63) is 0 Å².